The first-order chi connectivity index (χ1) is 11.5. The Hall–Kier alpha value is -2.73. The number of rotatable bonds is 6. The van der Waals surface area contributed by atoms with E-state index in [1.807, 2.05) is 32.0 Å². The van der Waals surface area contributed by atoms with Crippen molar-refractivity contribution in [1.82, 2.24) is 10.3 Å². The third-order valence-corrected chi connectivity index (χ3v) is 3.53. The first-order valence-electron chi connectivity index (χ1n) is 7.64. The van der Waals surface area contributed by atoms with Crippen molar-refractivity contribution >= 4 is 17.5 Å². The summed E-state index contributed by atoms with van der Waals surface area (Å²) in [5, 5.41) is 5.54. The number of carbonyl (C=O) groups is 2. The van der Waals surface area contributed by atoms with Gasteiger partial charge in [0.15, 0.2) is 0 Å². The fourth-order valence-electron chi connectivity index (χ4n) is 2.23. The molecule has 0 atom stereocenters. The molecule has 0 radical (unpaired) electrons. The molecule has 0 aliphatic heterocycles. The van der Waals surface area contributed by atoms with E-state index in [1.54, 1.807) is 25.3 Å². The van der Waals surface area contributed by atoms with Crippen LogP contribution in [-0.2, 0) is 4.74 Å². The Morgan fingerprint density at radius 2 is 1.58 bits per heavy atom. The molecular formula is C18H21N3O3. The molecule has 1 aromatic heterocycles. The zero-order chi connectivity index (χ0) is 17.5. The maximum Gasteiger partial charge on any atom is 0.274 e. The summed E-state index contributed by atoms with van der Waals surface area (Å²) < 4.78 is 4.88. The van der Waals surface area contributed by atoms with Crippen molar-refractivity contribution < 1.29 is 14.3 Å². The number of ether oxygens (including phenoxy) is 1. The molecule has 0 fully saturated rings. The van der Waals surface area contributed by atoms with Gasteiger partial charge in [-0.25, -0.2) is 4.98 Å². The number of carbonyl (C=O) groups excluding carboxylic acids is 2. The summed E-state index contributed by atoms with van der Waals surface area (Å²) in [6.07, 6.45) is 0. The van der Waals surface area contributed by atoms with Crippen LogP contribution in [0.3, 0.4) is 0 Å². The highest BCUT2D eigenvalue weighted by Crippen LogP contribution is 2.20. The van der Waals surface area contributed by atoms with Crippen LogP contribution in [0.1, 0.15) is 32.1 Å². The number of para-hydroxylation sites is 1. The highest BCUT2D eigenvalue weighted by molar-refractivity contribution is 6.04. The van der Waals surface area contributed by atoms with Crippen molar-refractivity contribution in [2.75, 3.05) is 25.6 Å². The Bertz CT molecular complexity index is 724. The topological polar surface area (TPSA) is 80.3 Å². The van der Waals surface area contributed by atoms with Gasteiger partial charge in [0.1, 0.15) is 11.4 Å². The van der Waals surface area contributed by atoms with Gasteiger partial charge in [-0.05, 0) is 37.1 Å². The summed E-state index contributed by atoms with van der Waals surface area (Å²) in [5.74, 6) is -0.687. The van der Waals surface area contributed by atoms with E-state index in [9.17, 15) is 9.59 Å². The molecule has 126 valence electrons. The molecule has 0 spiro atoms. The molecule has 0 bridgehead atoms. The van der Waals surface area contributed by atoms with Crippen LogP contribution in [-0.4, -0.2) is 37.1 Å². The van der Waals surface area contributed by atoms with E-state index in [4.69, 9.17) is 4.74 Å². The highest BCUT2D eigenvalue weighted by atomic mass is 16.5. The zero-order valence-corrected chi connectivity index (χ0v) is 14.1. The standard InChI is InChI=1S/C18H21N3O3/c1-12-6-4-7-13(2)16(12)21-18(23)15-9-5-8-14(20-15)17(22)19-10-11-24-3/h4-9H,10-11H2,1-3H3,(H,19,22)(H,21,23). The smallest absolute Gasteiger partial charge is 0.274 e. The number of hydrogen-bond donors (Lipinski definition) is 2. The van der Waals surface area contributed by atoms with Gasteiger partial charge in [0.25, 0.3) is 11.8 Å². The van der Waals surface area contributed by atoms with E-state index < -0.39 is 0 Å². The molecule has 1 aromatic carbocycles. The van der Waals surface area contributed by atoms with Gasteiger partial charge in [-0.3, -0.25) is 9.59 Å². The second-order valence-corrected chi connectivity index (χ2v) is 5.38. The van der Waals surface area contributed by atoms with Crippen LogP contribution in [0.25, 0.3) is 0 Å². The number of amides is 2. The molecule has 0 aliphatic carbocycles. The Balaban J connectivity index is 2.13. The maximum absolute atomic E-state index is 12.4. The molecule has 0 unspecified atom stereocenters. The predicted octanol–water partition coefficient (Wildman–Crippen LogP) is 2.33. The third-order valence-electron chi connectivity index (χ3n) is 3.53. The van der Waals surface area contributed by atoms with Crippen molar-refractivity contribution in [2.45, 2.75) is 13.8 Å². The quantitative estimate of drug-likeness (QED) is 0.798. The SMILES string of the molecule is COCCNC(=O)c1cccc(C(=O)Nc2c(C)cccc2C)n1. The molecular weight excluding hydrogens is 306 g/mol. The highest BCUT2D eigenvalue weighted by Gasteiger charge is 2.14. The van der Waals surface area contributed by atoms with Crippen LogP contribution in [0, 0.1) is 13.8 Å². The van der Waals surface area contributed by atoms with E-state index >= 15 is 0 Å². The molecule has 2 aromatic rings. The van der Waals surface area contributed by atoms with Gasteiger partial charge in [0.2, 0.25) is 0 Å². The summed E-state index contributed by atoms with van der Waals surface area (Å²) in [4.78, 5) is 28.6. The van der Waals surface area contributed by atoms with Crippen LogP contribution in [0.15, 0.2) is 36.4 Å². The molecule has 6 nitrogen and oxygen atoms in total. The lowest BCUT2D eigenvalue weighted by molar-refractivity contribution is 0.0932. The largest absolute Gasteiger partial charge is 0.383 e. The van der Waals surface area contributed by atoms with Crippen molar-refractivity contribution in [3.8, 4) is 0 Å². The fourth-order valence-corrected chi connectivity index (χ4v) is 2.23. The molecule has 6 heteroatoms. The minimum Gasteiger partial charge on any atom is -0.383 e. The van der Waals surface area contributed by atoms with Gasteiger partial charge in [0, 0.05) is 19.3 Å². The Kier molecular flexibility index (Phi) is 6.03. The first-order valence-corrected chi connectivity index (χ1v) is 7.64. The van der Waals surface area contributed by atoms with Crippen molar-refractivity contribution in [3.63, 3.8) is 0 Å². The number of aryl methyl sites for hydroxylation is 2. The molecule has 1 heterocycles. The van der Waals surface area contributed by atoms with Crippen LogP contribution >= 0.6 is 0 Å². The summed E-state index contributed by atoms with van der Waals surface area (Å²) in [6.45, 7) is 4.65. The van der Waals surface area contributed by atoms with E-state index in [-0.39, 0.29) is 23.2 Å². The number of hydrogen-bond acceptors (Lipinski definition) is 4. The number of pyridine rings is 1. The fraction of sp³-hybridized carbons (Fsp3) is 0.278. The molecule has 0 aliphatic rings. The van der Waals surface area contributed by atoms with Gasteiger partial charge in [0.05, 0.1) is 6.61 Å². The lowest BCUT2D eigenvalue weighted by atomic mass is 10.1. The predicted molar refractivity (Wildman–Crippen MR) is 92.3 cm³/mol. The molecule has 0 saturated carbocycles. The number of aromatic nitrogens is 1. The van der Waals surface area contributed by atoms with Crippen molar-refractivity contribution in [2.24, 2.45) is 0 Å². The summed E-state index contributed by atoms with van der Waals surface area (Å²) in [6, 6.07) is 10.6. The average molecular weight is 327 g/mol. The van der Waals surface area contributed by atoms with Crippen LogP contribution in [0.2, 0.25) is 0 Å². The Morgan fingerprint density at radius 1 is 1.00 bits per heavy atom. The minimum atomic E-state index is -0.348. The summed E-state index contributed by atoms with van der Waals surface area (Å²) in [5.41, 5.74) is 3.09. The lowest BCUT2D eigenvalue weighted by Crippen LogP contribution is -2.28. The van der Waals surface area contributed by atoms with E-state index in [0.29, 0.717) is 13.2 Å². The monoisotopic (exact) mass is 327 g/mol. The number of methoxy groups -OCH3 is 1. The number of nitrogens with zero attached hydrogens (tertiary/aromatic N) is 1. The normalized spacial score (nSPS) is 10.3. The Morgan fingerprint density at radius 3 is 2.21 bits per heavy atom. The lowest BCUT2D eigenvalue weighted by Gasteiger charge is -2.11. The first kappa shape index (κ1) is 17.6. The molecule has 24 heavy (non-hydrogen) atoms. The molecule has 2 N–H and O–H groups in total. The van der Waals surface area contributed by atoms with Crippen molar-refractivity contribution in [3.05, 3.63) is 58.9 Å². The van der Waals surface area contributed by atoms with E-state index in [1.165, 1.54) is 0 Å². The van der Waals surface area contributed by atoms with Gasteiger partial charge in [-0.1, -0.05) is 24.3 Å². The number of nitrogens with one attached hydrogen (secondary N) is 2. The third kappa shape index (κ3) is 4.39. The van der Waals surface area contributed by atoms with E-state index in [0.717, 1.165) is 16.8 Å². The van der Waals surface area contributed by atoms with Crippen LogP contribution in [0.5, 0.6) is 0 Å². The van der Waals surface area contributed by atoms with Crippen molar-refractivity contribution in [1.29, 1.82) is 0 Å². The van der Waals surface area contributed by atoms with Gasteiger partial charge >= 0.3 is 0 Å². The molecule has 2 rings (SSSR count). The second kappa shape index (κ2) is 8.21. The van der Waals surface area contributed by atoms with Gasteiger partial charge in [-0.2, -0.15) is 0 Å². The van der Waals surface area contributed by atoms with Gasteiger partial charge < -0.3 is 15.4 Å². The second-order valence-electron chi connectivity index (χ2n) is 5.38. The summed E-state index contributed by atoms with van der Waals surface area (Å²) in [7, 11) is 1.56. The molecule has 2 amide bonds. The maximum atomic E-state index is 12.4. The summed E-state index contributed by atoms with van der Waals surface area (Å²) >= 11 is 0. The average Bonchev–Trinajstić information content (AvgIpc) is 2.58. The molecule has 0 saturated heterocycles. The van der Waals surface area contributed by atoms with Crippen LogP contribution in [0.4, 0.5) is 5.69 Å². The Labute approximate surface area is 141 Å². The minimum absolute atomic E-state index is 0.192. The number of anilines is 1. The number of benzene rings is 1. The zero-order valence-electron chi connectivity index (χ0n) is 14.1. The van der Waals surface area contributed by atoms with E-state index in [2.05, 4.69) is 15.6 Å². The van der Waals surface area contributed by atoms with Crippen LogP contribution < -0.4 is 10.6 Å². The van der Waals surface area contributed by atoms with Gasteiger partial charge in [-0.15, -0.1) is 0 Å².